The van der Waals surface area contributed by atoms with Gasteiger partial charge in [-0.2, -0.15) is 0 Å². The normalized spacial score (nSPS) is 25.6. The average molecular weight is 401 g/mol. The number of nitrogens with zero attached hydrogens (tertiary/aromatic N) is 1. The lowest BCUT2D eigenvalue weighted by molar-refractivity contribution is -0.121. The van der Waals surface area contributed by atoms with E-state index in [0.717, 1.165) is 25.7 Å². The van der Waals surface area contributed by atoms with E-state index in [1.807, 2.05) is 27.5 Å². The first-order chi connectivity index (χ1) is 10.1. The largest absolute Gasteiger partial charge is 0.335 e. The first kappa shape index (κ1) is 14.9. The lowest BCUT2D eigenvalue weighted by Gasteiger charge is -2.29. The van der Waals surface area contributed by atoms with E-state index in [0.29, 0.717) is 27.9 Å². The highest BCUT2D eigenvalue weighted by molar-refractivity contribution is 14.1. The van der Waals surface area contributed by atoms with Crippen molar-refractivity contribution < 1.29 is 14.0 Å². The molecule has 1 heterocycles. The molecule has 3 rings (SSSR count). The van der Waals surface area contributed by atoms with E-state index in [1.54, 1.807) is 6.07 Å². The number of ketones is 1. The van der Waals surface area contributed by atoms with Crippen LogP contribution in [0.25, 0.3) is 0 Å². The van der Waals surface area contributed by atoms with Crippen molar-refractivity contribution >= 4 is 34.3 Å². The van der Waals surface area contributed by atoms with Crippen molar-refractivity contribution in [2.45, 2.75) is 38.1 Å². The molecule has 2 atom stereocenters. The van der Waals surface area contributed by atoms with Crippen LogP contribution in [0.4, 0.5) is 4.39 Å². The molecule has 1 aliphatic carbocycles. The lowest BCUT2D eigenvalue weighted by atomic mass is 9.94. The molecule has 0 radical (unpaired) electrons. The Kier molecular flexibility index (Phi) is 4.28. The Hall–Kier alpha value is -0.980. The zero-order chi connectivity index (χ0) is 15.0. The second-order valence-electron chi connectivity index (χ2n) is 5.80. The third-order valence-corrected chi connectivity index (χ3v) is 5.43. The third kappa shape index (κ3) is 2.84. The molecule has 21 heavy (non-hydrogen) atoms. The molecule has 1 saturated heterocycles. The summed E-state index contributed by atoms with van der Waals surface area (Å²) in [6.07, 6.45) is 4.33. The van der Waals surface area contributed by atoms with Gasteiger partial charge in [-0.05, 0) is 66.5 Å². The SMILES string of the molecule is O=C1CCCC1C1CCCN1C(=O)c1ccc(F)cc1I. The number of Topliss-reactive ketones (excluding diaryl/α,β-unsaturated/α-hetero) is 1. The molecule has 3 nitrogen and oxygen atoms in total. The second-order valence-corrected chi connectivity index (χ2v) is 6.96. The lowest BCUT2D eigenvalue weighted by Crippen LogP contribution is -2.41. The Morgan fingerprint density at radius 1 is 1.29 bits per heavy atom. The summed E-state index contributed by atoms with van der Waals surface area (Å²) in [5.74, 6) is -0.0930. The molecule has 1 aromatic carbocycles. The van der Waals surface area contributed by atoms with Crippen LogP contribution in [0.5, 0.6) is 0 Å². The molecular weight excluding hydrogens is 384 g/mol. The topological polar surface area (TPSA) is 37.4 Å². The maximum Gasteiger partial charge on any atom is 0.255 e. The molecule has 2 fully saturated rings. The Labute approximate surface area is 137 Å². The summed E-state index contributed by atoms with van der Waals surface area (Å²) in [6, 6.07) is 4.28. The van der Waals surface area contributed by atoms with Gasteiger partial charge in [-0.3, -0.25) is 9.59 Å². The number of halogens is 2. The Balaban J connectivity index is 1.84. The van der Waals surface area contributed by atoms with Gasteiger partial charge in [0.2, 0.25) is 0 Å². The highest BCUT2D eigenvalue weighted by Gasteiger charge is 2.40. The van der Waals surface area contributed by atoms with Crippen LogP contribution in [0.3, 0.4) is 0 Å². The molecular formula is C16H17FINO2. The van der Waals surface area contributed by atoms with Crippen molar-refractivity contribution in [3.8, 4) is 0 Å². The zero-order valence-corrected chi connectivity index (χ0v) is 13.8. The minimum absolute atomic E-state index is 0.00885. The summed E-state index contributed by atoms with van der Waals surface area (Å²) >= 11 is 1.99. The van der Waals surface area contributed by atoms with E-state index in [9.17, 15) is 14.0 Å². The molecule has 5 heteroatoms. The smallest absolute Gasteiger partial charge is 0.255 e. The van der Waals surface area contributed by atoms with Crippen molar-refractivity contribution in [2.24, 2.45) is 5.92 Å². The molecule has 1 aromatic rings. The van der Waals surface area contributed by atoms with Gasteiger partial charge < -0.3 is 4.90 Å². The van der Waals surface area contributed by atoms with Gasteiger partial charge in [-0.1, -0.05) is 0 Å². The van der Waals surface area contributed by atoms with Gasteiger partial charge >= 0.3 is 0 Å². The molecule has 112 valence electrons. The summed E-state index contributed by atoms with van der Waals surface area (Å²) in [4.78, 5) is 26.6. The molecule has 1 amide bonds. The fraction of sp³-hybridized carbons (Fsp3) is 0.500. The van der Waals surface area contributed by atoms with E-state index in [-0.39, 0.29) is 23.7 Å². The fourth-order valence-electron chi connectivity index (χ4n) is 3.53. The van der Waals surface area contributed by atoms with Crippen LogP contribution in [0.1, 0.15) is 42.5 Å². The number of carbonyl (C=O) groups is 2. The Morgan fingerprint density at radius 2 is 2.10 bits per heavy atom. The molecule has 2 aliphatic rings. The van der Waals surface area contributed by atoms with E-state index in [4.69, 9.17) is 0 Å². The van der Waals surface area contributed by atoms with Crippen LogP contribution in [0, 0.1) is 15.3 Å². The average Bonchev–Trinajstić information content (AvgIpc) is 3.06. The number of likely N-dealkylation sites (tertiary alicyclic amines) is 1. The van der Waals surface area contributed by atoms with Gasteiger partial charge in [-0.15, -0.1) is 0 Å². The summed E-state index contributed by atoms with van der Waals surface area (Å²) in [7, 11) is 0. The first-order valence-electron chi connectivity index (χ1n) is 7.36. The highest BCUT2D eigenvalue weighted by atomic mass is 127. The predicted molar refractivity (Wildman–Crippen MR) is 85.5 cm³/mol. The van der Waals surface area contributed by atoms with Crippen molar-refractivity contribution in [1.29, 1.82) is 0 Å². The van der Waals surface area contributed by atoms with Crippen LogP contribution >= 0.6 is 22.6 Å². The molecule has 0 N–H and O–H groups in total. The van der Waals surface area contributed by atoms with Gasteiger partial charge in [0.05, 0.1) is 5.56 Å². The number of hydrogen-bond donors (Lipinski definition) is 0. The van der Waals surface area contributed by atoms with Crippen LogP contribution in [0.15, 0.2) is 18.2 Å². The van der Waals surface area contributed by atoms with E-state index >= 15 is 0 Å². The second kappa shape index (κ2) is 6.02. The summed E-state index contributed by atoms with van der Waals surface area (Å²) in [6.45, 7) is 0.695. The van der Waals surface area contributed by atoms with Gasteiger partial charge in [-0.25, -0.2) is 4.39 Å². The van der Waals surface area contributed by atoms with Crippen LogP contribution in [-0.4, -0.2) is 29.2 Å². The minimum atomic E-state index is -0.333. The standard InChI is InChI=1S/C16H17FINO2/c17-10-6-7-11(13(18)9-10)16(21)19-8-2-4-14(19)12-3-1-5-15(12)20/h6-7,9,12,14H,1-5,8H2. The number of amides is 1. The number of carbonyl (C=O) groups excluding carboxylic acids is 2. The molecule has 0 bridgehead atoms. The molecule has 1 aliphatic heterocycles. The van der Waals surface area contributed by atoms with E-state index in [2.05, 4.69) is 0 Å². The van der Waals surface area contributed by atoms with Crippen molar-refractivity contribution in [3.63, 3.8) is 0 Å². The monoisotopic (exact) mass is 401 g/mol. The Morgan fingerprint density at radius 3 is 2.76 bits per heavy atom. The minimum Gasteiger partial charge on any atom is -0.335 e. The maximum atomic E-state index is 13.2. The number of benzene rings is 1. The summed E-state index contributed by atoms with van der Waals surface area (Å²) < 4.78 is 13.8. The van der Waals surface area contributed by atoms with Gasteiger partial charge in [0.25, 0.3) is 5.91 Å². The van der Waals surface area contributed by atoms with Gasteiger partial charge in [0.15, 0.2) is 0 Å². The first-order valence-corrected chi connectivity index (χ1v) is 8.44. The number of rotatable bonds is 2. The number of hydrogen-bond acceptors (Lipinski definition) is 2. The van der Waals surface area contributed by atoms with Crippen LogP contribution in [-0.2, 0) is 4.79 Å². The van der Waals surface area contributed by atoms with E-state index < -0.39 is 0 Å². The van der Waals surface area contributed by atoms with Crippen molar-refractivity contribution in [3.05, 3.63) is 33.1 Å². The van der Waals surface area contributed by atoms with Crippen molar-refractivity contribution in [2.75, 3.05) is 6.54 Å². The quantitative estimate of drug-likeness (QED) is 0.713. The van der Waals surface area contributed by atoms with Crippen LogP contribution < -0.4 is 0 Å². The molecule has 1 saturated carbocycles. The summed E-state index contributed by atoms with van der Waals surface area (Å²) in [5, 5.41) is 0. The highest BCUT2D eigenvalue weighted by Crippen LogP contribution is 2.34. The van der Waals surface area contributed by atoms with Crippen molar-refractivity contribution in [1.82, 2.24) is 4.90 Å². The maximum absolute atomic E-state index is 13.2. The predicted octanol–water partition coefficient (Wildman–Crippen LogP) is 3.40. The van der Waals surface area contributed by atoms with Crippen LogP contribution in [0.2, 0.25) is 0 Å². The zero-order valence-electron chi connectivity index (χ0n) is 11.6. The van der Waals surface area contributed by atoms with Gasteiger partial charge in [0.1, 0.15) is 11.6 Å². The Bertz CT molecular complexity index is 590. The molecule has 0 aromatic heterocycles. The molecule has 0 spiro atoms. The van der Waals surface area contributed by atoms with E-state index in [1.165, 1.54) is 12.1 Å². The summed E-state index contributed by atoms with van der Waals surface area (Å²) in [5.41, 5.74) is 0.536. The van der Waals surface area contributed by atoms with Gasteiger partial charge in [0, 0.05) is 28.5 Å². The fourth-order valence-corrected chi connectivity index (χ4v) is 4.24. The molecule has 2 unspecified atom stereocenters. The third-order valence-electron chi connectivity index (χ3n) is 4.54.